The van der Waals surface area contributed by atoms with Gasteiger partial charge in [-0.3, -0.25) is 9.59 Å². The molecule has 3 heterocycles. The number of aryl methyl sites for hydroxylation is 3. The fourth-order valence-corrected chi connectivity index (χ4v) is 4.09. The van der Waals surface area contributed by atoms with Crippen LogP contribution in [0.25, 0.3) is 0 Å². The lowest BCUT2D eigenvalue weighted by Gasteiger charge is -2.33. The lowest BCUT2D eigenvalue weighted by atomic mass is 10.0. The highest BCUT2D eigenvalue weighted by molar-refractivity contribution is 6.00. The predicted octanol–water partition coefficient (Wildman–Crippen LogP) is 2.82. The van der Waals surface area contributed by atoms with Crippen LogP contribution in [-0.2, 0) is 9.59 Å². The Morgan fingerprint density at radius 2 is 1.80 bits per heavy atom. The van der Waals surface area contributed by atoms with Gasteiger partial charge in [-0.05, 0) is 50.1 Å². The van der Waals surface area contributed by atoms with Gasteiger partial charge in [-0.25, -0.2) is 0 Å². The molecule has 1 unspecified atom stereocenters. The minimum atomic E-state index is -0.278. The maximum Gasteiger partial charge on any atom is 0.233 e. The van der Waals surface area contributed by atoms with Gasteiger partial charge in [0.25, 0.3) is 0 Å². The summed E-state index contributed by atoms with van der Waals surface area (Å²) in [4.78, 5) is 29.2. The Hall–Kier alpha value is -2.96. The Morgan fingerprint density at radius 3 is 2.47 bits per heavy atom. The molecule has 2 aliphatic heterocycles. The van der Waals surface area contributed by atoms with E-state index in [9.17, 15) is 9.59 Å². The van der Waals surface area contributed by atoms with Gasteiger partial charge in [-0.2, -0.15) is 5.10 Å². The van der Waals surface area contributed by atoms with Gasteiger partial charge in [0.1, 0.15) is 6.10 Å². The van der Waals surface area contributed by atoms with Crippen molar-refractivity contribution < 1.29 is 14.3 Å². The number of piperidine rings is 1. The van der Waals surface area contributed by atoms with Crippen molar-refractivity contribution >= 4 is 17.5 Å². The number of ether oxygens (including phenoxy) is 1. The summed E-state index contributed by atoms with van der Waals surface area (Å²) in [5.74, 6) is 0.339. The Morgan fingerprint density at radius 1 is 1.03 bits per heavy atom. The third kappa shape index (κ3) is 4.30. The van der Waals surface area contributed by atoms with Crippen LogP contribution in [0.4, 0.5) is 5.69 Å². The molecular formula is C23H28N4O3. The van der Waals surface area contributed by atoms with E-state index < -0.39 is 0 Å². The molecule has 1 aromatic carbocycles. The molecular weight excluding hydrogens is 380 g/mol. The predicted molar refractivity (Wildman–Crippen MR) is 113 cm³/mol. The van der Waals surface area contributed by atoms with Crippen LogP contribution in [-0.4, -0.2) is 52.6 Å². The largest absolute Gasteiger partial charge is 0.473 e. The van der Waals surface area contributed by atoms with Crippen molar-refractivity contribution in [3.05, 3.63) is 47.2 Å². The van der Waals surface area contributed by atoms with Crippen LogP contribution < -0.4 is 9.64 Å². The first-order chi connectivity index (χ1) is 14.4. The standard InChI is InChI=1S/C23H28N4O3/c1-15-4-6-19(12-16(15)2)27-14-18(13-22(27)28)23(29)26-10-8-20(9-11-26)30-21-7-5-17(3)24-25-21/h4-7,12,18,20H,8-11,13-14H2,1-3H3. The van der Waals surface area contributed by atoms with E-state index in [1.807, 2.05) is 49.1 Å². The smallest absolute Gasteiger partial charge is 0.233 e. The van der Waals surface area contributed by atoms with Gasteiger partial charge in [0.2, 0.25) is 17.7 Å². The molecule has 7 nitrogen and oxygen atoms in total. The number of benzene rings is 1. The molecule has 0 saturated carbocycles. The van der Waals surface area contributed by atoms with Crippen molar-refractivity contribution in [1.29, 1.82) is 0 Å². The van der Waals surface area contributed by atoms with Crippen molar-refractivity contribution in [3.8, 4) is 5.88 Å². The van der Waals surface area contributed by atoms with Crippen molar-refractivity contribution in [3.63, 3.8) is 0 Å². The molecule has 2 aromatic rings. The number of hydrogen-bond donors (Lipinski definition) is 0. The number of rotatable bonds is 4. The summed E-state index contributed by atoms with van der Waals surface area (Å²) in [6, 6.07) is 9.71. The van der Waals surface area contributed by atoms with E-state index in [2.05, 4.69) is 17.1 Å². The topological polar surface area (TPSA) is 75.6 Å². The highest BCUT2D eigenvalue weighted by Gasteiger charge is 2.38. The second-order valence-electron chi connectivity index (χ2n) is 8.33. The van der Waals surface area contributed by atoms with Gasteiger partial charge in [-0.1, -0.05) is 6.07 Å². The third-order valence-corrected chi connectivity index (χ3v) is 6.09. The van der Waals surface area contributed by atoms with E-state index in [0.29, 0.717) is 25.5 Å². The van der Waals surface area contributed by atoms with E-state index >= 15 is 0 Å². The normalized spacial score (nSPS) is 20.0. The first-order valence-corrected chi connectivity index (χ1v) is 10.5. The molecule has 2 saturated heterocycles. The van der Waals surface area contributed by atoms with Crippen LogP contribution in [0.2, 0.25) is 0 Å². The van der Waals surface area contributed by atoms with Crippen LogP contribution in [0.1, 0.15) is 36.1 Å². The van der Waals surface area contributed by atoms with Gasteiger partial charge in [0, 0.05) is 50.7 Å². The van der Waals surface area contributed by atoms with Crippen LogP contribution in [0.15, 0.2) is 30.3 Å². The van der Waals surface area contributed by atoms with Crippen LogP contribution >= 0.6 is 0 Å². The molecule has 0 bridgehead atoms. The maximum atomic E-state index is 13.0. The molecule has 0 N–H and O–H groups in total. The van der Waals surface area contributed by atoms with Crippen molar-refractivity contribution in [2.45, 2.75) is 46.1 Å². The SMILES string of the molecule is Cc1ccc(OC2CCN(C(=O)C3CC(=O)N(c4ccc(C)c(C)c4)C3)CC2)nn1. The first kappa shape index (κ1) is 20.3. The van der Waals surface area contributed by atoms with Gasteiger partial charge < -0.3 is 14.5 Å². The minimum absolute atomic E-state index is 0.0211. The highest BCUT2D eigenvalue weighted by Crippen LogP contribution is 2.29. The average Bonchev–Trinajstić information content (AvgIpc) is 3.13. The first-order valence-electron chi connectivity index (χ1n) is 10.5. The molecule has 0 spiro atoms. The monoisotopic (exact) mass is 408 g/mol. The lowest BCUT2D eigenvalue weighted by Crippen LogP contribution is -2.45. The van der Waals surface area contributed by atoms with E-state index in [4.69, 9.17) is 4.74 Å². The summed E-state index contributed by atoms with van der Waals surface area (Å²) in [6.45, 7) is 7.70. The molecule has 1 atom stereocenters. The molecule has 2 fully saturated rings. The third-order valence-electron chi connectivity index (χ3n) is 6.09. The number of likely N-dealkylation sites (tertiary alicyclic amines) is 1. The summed E-state index contributed by atoms with van der Waals surface area (Å²) in [5.41, 5.74) is 4.07. The summed E-state index contributed by atoms with van der Waals surface area (Å²) < 4.78 is 5.90. The number of hydrogen-bond acceptors (Lipinski definition) is 5. The molecule has 1 aromatic heterocycles. The second kappa shape index (κ2) is 8.42. The quantitative estimate of drug-likeness (QED) is 0.778. The fraction of sp³-hybridized carbons (Fsp3) is 0.478. The van der Waals surface area contributed by atoms with Gasteiger partial charge in [-0.15, -0.1) is 5.10 Å². The second-order valence-corrected chi connectivity index (χ2v) is 8.33. The average molecular weight is 409 g/mol. The zero-order chi connectivity index (χ0) is 21.3. The molecule has 0 radical (unpaired) electrons. The van der Waals surface area contributed by atoms with E-state index in [1.165, 1.54) is 5.56 Å². The van der Waals surface area contributed by atoms with Crippen LogP contribution in [0.5, 0.6) is 5.88 Å². The van der Waals surface area contributed by atoms with E-state index in [1.54, 1.807) is 4.90 Å². The molecule has 7 heteroatoms. The Balaban J connectivity index is 1.32. The maximum absolute atomic E-state index is 13.0. The number of nitrogens with zero attached hydrogens (tertiary/aromatic N) is 4. The van der Waals surface area contributed by atoms with E-state index in [0.717, 1.165) is 29.8 Å². The zero-order valence-corrected chi connectivity index (χ0v) is 17.8. The lowest BCUT2D eigenvalue weighted by molar-refractivity contribution is -0.137. The van der Waals surface area contributed by atoms with E-state index in [-0.39, 0.29) is 30.3 Å². The van der Waals surface area contributed by atoms with Crippen molar-refractivity contribution in [2.24, 2.45) is 5.92 Å². The minimum Gasteiger partial charge on any atom is -0.473 e. The molecule has 158 valence electrons. The molecule has 2 aliphatic rings. The van der Waals surface area contributed by atoms with Crippen LogP contribution in [0, 0.1) is 26.7 Å². The van der Waals surface area contributed by atoms with Gasteiger partial charge >= 0.3 is 0 Å². The molecule has 4 rings (SSSR count). The molecule has 0 aliphatic carbocycles. The Labute approximate surface area is 177 Å². The summed E-state index contributed by atoms with van der Waals surface area (Å²) in [7, 11) is 0. The molecule has 30 heavy (non-hydrogen) atoms. The zero-order valence-electron chi connectivity index (χ0n) is 17.8. The van der Waals surface area contributed by atoms with Crippen molar-refractivity contribution in [1.82, 2.24) is 15.1 Å². The highest BCUT2D eigenvalue weighted by atomic mass is 16.5. The summed E-state index contributed by atoms with van der Waals surface area (Å²) in [6.07, 6.45) is 1.82. The number of amides is 2. The summed E-state index contributed by atoms with van der Waals surface area (Å²) >= 11 is 0. The number of anilines is 1. The summed E-state index contributed by atoms with van der Waals surface area (Å²) in [5, 5.41) is 8.06. The number of aromatic nitrogens is 2. The molecule has 2 amide bonds. The van der Waals surface area contributed by atoms with Crippen molar-refractivity contribution in [2.75, 3.05) is 24.5 Å². The number of carbonyl (C=O) groups excluding carboxylic acids is 2. The Bertz CT molecular complexity index is 936. The Kier molecular flexibility index (Phi) is 5.70. The van der Waals surface area contributed by atoms with Gasteiger partial charge in [0.05, 0.1) is 11.6 Å². The van der Waals surface area contributed by atoms with Gasteiger partial charge in [0.15, 0.2) is 0 Å². The van der Waals surface area contributed by atoms with Crippen LogP contribution in [0.3, 0.4) is 0 Å². The fourth-order valence-electron chi connectivity index (χ4n) is 4.09. The number of carbonyl (C=O) groups is 2.